The zero-order valence-corrected chi connectivity index (χ0v) is 13.0. The van der Waals surface area contributed by atoms with Crippen molar-refractivity contribution >= 4 is 12.0 Å². The Bertz CT molecular complexity index is 447. The summed E-state index contributed by atoms with van der Waals surface area (Å²) in [6, 6.07) is 10.4. The number of halogens is 1. The van der Waals surface area contributed by atoms with Gasteiger partial charge in [-0.2, -0.15) is 0 Å². The zero-order chi connectivity index (χ0) is 11.8. The molecule has 1 aliphatic rings. The van der Waals surface area contributed by atoms with E-state index < -0.39 is 0 Å². The largest absolute Gasteiger partial charge is 1.00 e. The molecule has 0 spiro atoms. The van der Waals surface area contributed by atoms with Gasteiger partial charge in [0.2, 0.25) is 6.34 Å². The van der Waals surface area contributed by atoms with Crippen LogP contribution >= 0.6 is 0 Å². The minimum absolute atomic E-state index is 0. The molecule has 1 heterocycles. The Kier molecular flexibility index (Phi) is 4.36. The smallest absolute Gasteiger partial charge is 0.244 e. The number of rotatable bonds is 1. The molecule has 2 rings (SSSR count). The lowest BCUT2D eigenvalue weighted by Crippen LogP contribution is -3.00. The SMILES string of the molecule is CC1=CC(C)(C)[N+](C)=CN1c1ccccc1.[I-]. The van der Waals surface area contributed by atoms with E-state index in [-0.39, 0.29) is 29.5 Å². The molecule has 0 amide bonds. The van der Waals surface area contributed by atoms with Crippen molar-refractivity contribution in [3.8, 4) is 0 Å². The van der Waals surface area contributed by atoms with E-state index in [4.69, 9.17) is 0 Å². The second-order valence-electron chi connectivity index (χ2n) is 4.87. The van der Waals surface area contributed by atoms with Crippen LogP contribution in [0.4, 0.5) is 5.69 Å². The van der Waals surface area contributed by atoms with Gasteiger partial charge in [-0.3, -0.25) is 4.58 Å². The zero-order valence-electron chi connectivity index (χ0n) is 10.8. The fourth-order valence-electron chi connectivity index (χ4n) is 1.95. The molecule has 17 heavy (non-hydrogen) atoms. The van der Waals surface area contributed by atoms with E-state index in [0.717, 1.165) is 0 Å². The maximum absolute atomic E-state index is 2.29. The fourth-order valence-corrected chi connectivity index (χ4v) is 1.95. The average Bonchev–Trinajstić information content (AvgIpc) is 2.24. The number of hydrogen-bond donors (Lipinski definition) is 0. The Morgan fingerprint density at radius 2 is 1.71 bits per heavy atom. The highest BCUT2D eigenvalue weighted by atomic mass is 127. The predicted octanol–water partition coefficient (Wildman–Crippen LogP) is -0.136. The van der Waals surface area contributed by atoms with Crippen molar-refractivity contribution < 1.29 is 28.6 Å². The van der Waals surface area contributed by atoms with E-state index in [1.807, 2.05) is 6.07 Å². The molecule has 0 aromatic heterocycles. The van der Waals surface area contributed by atoms with Crippen molar-refractivity contribution in [3.63, 3.8) is 0 Å². The molecule has 3 heteroatoms. The number of benzene rings is 1. The van der Waals surface area contributed by atoms with Crippen molar-refractivity contribution in [3.05, 3.63) is 42.1 Å². The lowest BCUT2D eigenvalue weighted by Gasteiger charge is -2.28. The first-order valence-corrected chi connectivity index (χ1v) is 5.62. The van der Waals surface area contributed by atoms with Gasteiger partial charge >= 0.3 is 0 Å². The quantitative estimate of drug-likeness (QED) is 0.509. The molecule has 0 N–H and O–H groups in total. The molecule has 1 aliphatic heterocycles. The van der Waals surface area contributed by atoms with Crippen LogP contribution in [0.25, 0.3) is 0 Å². The first-order valence-electron chi connectivity index (χ1n) is 5.62. The number of nitrogens with zero attached hydrogens (tertiary/aromatic N) is 2. The van der Waals surface area contributed by atoms with E-state index in [2.05, 4.69) is 74.0 Å². The van der Waals surface area contributed by atoms with Gasteiger partial charge in [0.05, 0.1) is 7.05 Å². The normalized spacial score (nSPS) is 18.0. The summed E-state index contributed by atoms with van der Waals surface area (Å²) in [6.45, 7) is 6.59. The van der Waals surface area contributed by atoms with Gasteiger partial charge < -0.3 is 24.0 Å². The first kappa shape index (κ1) is 14.2. The van der Waals surface area contributed by atoms with Crippen LogP contribution in [0.2, 0.25) is 0 Å². The topological polar surface area (TPSA) is 6.25 Å². The molecule has 0 saturated carbocycles. The molecule has 0 aliphatic carbocycles. The second kappa shape index (κ2) is 5.21. The van der Waals surface area contributed by atoms with Crippen LogP contribution in [0, 0.1) is 0 Å². The molecular formula is C14H19IN2. The molecule has 0 atom stereocenters. The van der Waals surface area contributed by atoms with Crippen LogP contribution in [-0.2, 0) is 0 Å². The molecule has 92 valence electrons. The summed E-state index contributed by atoms with van der Waals surface area (Å²) in [5.74, 6) is 0. The summed E-state index contributed by atoms with van der Waals surface area (Å²) in [5, 5.41) is 0. The lowest BCUT2D eigenvalue weighted by atomic mass is 10.0. The average molecular weight is 342 g/mol. The standard InChI is InChI=1S/C14H19N2.HI/c1-12-10-14(2,3)15(4)11-16(12)13-8-6-5-7-9-13;/h5-11H,1-4H3;1H/q+1;/p-1. The lowest BCUT2D eigenvalue weighted by molar-refractivity contribution is -0.558. The molecule has 0 fully saturated rings. The Labute approximate surface area is 121 Å². The molecule has 0 radical (unpaired) electrons. The van der Waals surface area contributed by atoms with E-state index in [0.29, 0.717) is 0 Å². The van der Waals surface area contributed by atoms with Gasteiger partial charge in [0.15, 0.2) is 0 Å². The highest BCUT2D eigenvalue weighted by molar-refractivity contribution is 5.81. The summed E-state index contributed by atoms with van der Waals surface area (Å²) in [7, 11) is 2.11. The van der Waals surface area contributed by atoms with Gasteiger partial charge in [0.25, 0.3) is 0 Å². The van der Waals surface area contributed by atoms with Crippen LogP contribution in [0.3, 0.4) is 0 Å². The first-order chi connectivity index (χ1) is 7.50. The summed E-state index contributed by atoms with van der Waals surface area (Å²) >= 11 is 0. The minimum atomic E-state index is 0. The summed E-state index contributed by atoms with van der Waals surface area (Å²) in [6.07, 6.45) is 4.45. The third-order valence-electron chi connectivity index (χ3n) is 3.17. The van der Waals surface area contributed by atoms with Crippen LogP contribution < -0.4 is 28.9 Å². The van der Waals surface area contributed by atoms with Crippen LogP contribution in [0.1, 0.15) is 20.8 Å². The number of hydrogen-bond acceptors (Lipinski definition) is 1. The third kappa shape index (κ3) is 2.89. The molecule has 1 aromatic rings. The van der Waals surface area contributed by atoms with Gasteiger partial charge in [-0.25, -0.2) is 4.90 Å². The van der Waals surface area contributed by atoms with Gasteiger partial charge in [0.1, 0.15) is 16.9 Å². The molecular weight excluding hydrogens is 323 g/mol. The molecule has 0 bridgehead atoms. The molecule has 1 aromatic carbocycles. The Morgan fingerprint density at radius 3 is 2.29 bits per heavy atom. The Balaban J connectivity index is 0.00000144. The third-order valence-corrected chi connectivity index (χ3v) is 3.17. The van der Waals surface area contributed by atoms with Gasteiger partial charge in [-0.05, 0) is 32.9 Å². The number of allylic oxidation sites excluding steroid dienone is 1. The summed E-state index contributed by atoms with van der Waals surface area (Å²) in [5.41, 5.74) is 2.57. The monoisotopic (exact) mass is 342 g/mol. The summed E-state index contributed by atoms with van der Waals surface area (Å²) in [4.78, 5) is 2.21. The van der Waals surface area contributed by atoms with Gasteiger partial charge in [0, 0.05) is 6.08 Å². The fraction of sp³-hybridized carbons (Fsp3) is 0.357. The van der Waals surface area contributed by atoms with E-state index in [1.165, 1.54) is 11.4 Å². The van der Waals surface area contributed by atoms with Crippen molar-refractivity contribution in [2.45, 2.75) is 26.3 Å². The van der Waals surface area contributed by atoms with Crippen molar-refractivity contribution in [2.75, 3.05) is 11.9 Å². The van der Waals surface area contributed by atoms with Gasteiger partial charge in [-0.15, -0.1) is 0 Å². The highest BCUT2D eigenvalue weighted by Crippen LogP contribution is 2.23. The molecule has 0 unspecified atom stereocenters. The number of likely N-dealkylation sites (N-methyl/N-ethyl adjacent to an activating group) is 1. The Hall–Kier alpha value is -0.840. The minimum Gasteiger partial charge on any atom is -1.00 e. The van der Waals surface area contributed by atoms with E-state index >= 15 is 0 Å². The molecule has 2 nitrogen and oxygen atoms in total. The van der Waals surface area contributed by atoms with Crippen LogP contribution in [-0.4, -0.2) is 23.5 Å². The van der Waals surface area contributed by atoms with Crippen molar-refractivity contribution in [2.24, 2.45) is 0 Å². The number of anilines is 1. The van der Waals surface area contributed by atoms with Crippen molar-refractivity contribution in [1.82, 2.24) is 0 Å². The van der Waals surface area contributed by atoms with Crippen LogP contribution in [0.5, 0.6) is 0 Å². The van der Waals surface area contributed by atoms with E-state index in [9.17, 15) is 0 Å². The van der Waals surface area contributed by atoms with Gasteiger partial charge in [-0.1, -0.05) is 18.2 Å². The molecule has 0 saturated heterocycles. The Morgan fingerprint density at radius 1 is 1.12 bits per heavy atom. The van der Waals surface area contributed by atoms with Crippen LogP contribution in [0.15, 0.2) is 42.1 Å². The predicted molar refractivity (Wildman–Crippen MR) is 69.0 cm³/mol. The van der Waals surface area contributed by atoms with Crippen molar-refractivity contribution in [1.29, 1.82) is 0 Å². The second-order valence-corrected chi connectivity index (χ2v) is 4.87. The number of para-hydroxylation sites is 1. The maximum Gasteiger partial charge on any atom is 0.244 e. The maximum atomic E-state index is 2.29. The summed E-state index contributed by atoms with van der Waals surface area (Å²) < 4.78 is 2.23. The highest BCUT2D eigenvalue weighted by Gasteiger charge is 2.29. The van der Waals surface area contributed by atoms with E-state index in [1.54, 1.807) is 0 Å².